The quantitative estimate of drug-likeness (QED) is 0.500. The molecule has 0 bridgehead atoms. The number of nitrogens with zero attached hydrogens (tertiary/aromatic N) is 2. The molecule has 0 amide bonds. The topological polar surface area (TPSA) is 126 Å². The summed E-state index contributed by atoms with van der Waals surface area (Å²) in [5.41, 5.74) is -1.19. The fraction of sp³-hybridized carbons (Fsp3) is 0. The Bertz CT molecular complexity index is 792. The highest BCUT2D eigenvalue weighted by Crippen LogP contribution is 2.36. The van der Waals surface area contributed by atoms with Gasteiger partial charge < -0.3 is 10.1 Å². The summed E-state index contributed by atoms with van der Waals surface area (Å²) in [7, 11) is 0. The van der Waals surface area contributed by atoms with Crippen molar-refractivity contribution in [3.8, 4) is 0 Å². The fourth-order valence-electron chi connectivity index (χ4n) is 1.45. The van der Waals surface area contributed by atoms with Crippen LogP contribution in [0, 0.1) is 10.1 Å². The lowest BCUT2D eigenvalue weighted by molar-refractivity contribution is -0.384. The highest BCUT2D eigenvalue weighted by atomic mass is 35.5. The molecule has 2 aromatic rings. The molecular weight excluding hydrogens is 322 g/mol. The van der Waals surface area contributed by atoms with Gasteiger partial charge in [-0.15, -0.1) is 0 Å². The first kappa shape index (κ1) is 15.0. The largest absolute Gasteiger partial charge is 0.478 e. The van der Waals surface area contributed by atoms with Crippen LogP contribution in [0.5, 0.6) is 0 Å². The van der Waals surface area contributed by atoms with Crippen molar-refractivity contribution in [2.24, 2.45) is 0 Å². The van der Waals surface area contributed by atoms with E-state index >= 15 is 0 Å². The zero-order chi connectivity index (χ0) is 15.6. The number of rotatable bonds is 4. The van der Waals surface area contributed by atoms with Crippen molar-refractivity contribution >= 4 is 35.0 Å². The Balaban J connectivity index is 2.54. The third-order valence-electron chi connectivity index (χ3n) is 2.32. The van der Waals surface area contributed by atoms with Gasteiger partial charge in [0.2, 0.25) is 0 Å². The number of halogens is 1. The van der Waals surface area contributed by atoms with E-state index in [0.717, 1.165) is 23.9 Å². The average Bonchev–Trinajstić information content (AvgIpc) is 2.40. The first-order valence-electron chi connectivity index (χ1n) is 5.33. The maximum absolute atomic E-state index is 11.2. The van der Waals surface area contributed by atoms with Crippen LogP contribution in [0.25, 0.3) is 0 Å². The highest BCUT2D eigenvalue weighted by Gasteiger charge is 2.21. The molecule has 21 heavy (non-hydrogen) atoms. The second-order valence-corrected chi connectivity index (χ2v) is 5.11. The molecule has 1 aromatic heterocycles. The average molecular weight is 328 g/mol. The summed E-state index contributed by atoms with van der Waals surface area (Å²) >= 11 is 6.71. The Hall–Kier alpha value is -2.39. The van der Waals surface area contributed by atoms with Crippen molar-refractivity contribution in [3.05, 3.63) is 55.5 Å². The smallest absolute Gasteiger partial charge is 0.337 e. The lowest BCUT2D eigenvalue weighted by Gasteiger charge is -2.07. The summed E-state index contributed by atoms with van der Waals surface area (Å²) in [5, 5.41) is 19.9. The summed E-state index contributed by atoms with van der Waals surface area (Å²) in [6.07, 6.45) is 1.25. The molecule has 10 heteroatoms. The first-order valence-corrected chi connectivity index (χ1v) is 6.52. The SMILES string of the molecule is O=C(O)c1cc([N+](=O)[O-])cc(Cl)c1Sc1nccc(=O)[nH]1. The fourth-order valence-corrected chi connectivity index (χ4v) is 2.65. The maximum atomic E-state index is 11.2. The van der Waals surface area contributed by atoms with Crippen molar-refractivity contribution in [1.29, 1.82) is 0 Å². The molecule has 1 aromatic carbocycles. The van der Waals surface area contributed by atoms with Gasteiger partial charge in [0.25, 0.3) is 11.2 Å². The van der Waals surface area contributed by atoms with Crippen LogP contribution in [0.3, 0.4) is 0 Å². The van der Waals surface area contributed by atoms with Gasteiger partial charge in [-0.3, -0.25) is 14.9 Å². The Kier molecular flexibility index (Phi) is 4.24. The van der Waals surface area contributed by atoms with Crippen LogP contribution in [-0.2, 0) is 0 Å². The number of carboxylic acid groups (broad SMARTS) is 1. The Morgan fingerprint density at radius 2 is 2.19 bits per heavy atom. The zero-order valence-electron chi connectivity index (χ0n) is 10.1. The van der Waals surface area contributed by atoms with Gasteiger partial charge in [-0.05, 0) is 11.8 Å². The van der Waals surface area contributed by atoms with Gasteiger partial charge in [0, 0.05) is 29.3 Å². The van der Waals surface area contributed by atoms with Gasteiger partial charge in [0.15, 0.2) is 5.16 Å². The van der Waals surface area contributed by atoms with Crippen molar-refractivity contribution in [2.75, 3.05) is 0 Å². The van der Waals surface area contributed by atoms with Gasteiger partial charge in [-0.25, -0.2) is 9.78 Å². The molecule has 0 spiro atoms. The summed E-state index contributed by atoms with van der Waals surface area (Å²) in [6.45, 7) is 0. The van der Waals surface area contributed by atoms with Gasteiger partial charge in [-0.2, -0.15) is 0 Å². The molecule has 2 rings (SSSR count). The minimum atomic E-state index is -1.37. The number of carboxylic acids is 1. The predicted octanol–water partition coefficient (Wildman–Crippen LogP) is 2.18. The molecule has 0 aliphatic rings. The van der Waals surface area contributed by atoms with E-state index in [-0.39, 0.29) is 20.6 Å². The summed E-state index contributed by atoms with van der Waals surface area (Å²) in [4.78, 5) is 38.7. The molecule has 0 fully saturated rings. The third kappa shape index (κ3) is 3.38. The van der Waals surface area contributed by atoms with Crippen molar-refractivity contribution in [1.82, 2.24) is 9.97 Å². The third-order valence-corrected chi connectivity index (χ3v) is 3.77. The van der Waals surface area contributed by atoms with Crippen LogP contribution in [0.1, 0.15) is 10.4 Å². The Morgan fingerprint density at radius 1 is 1.48 bits per heavy atom. The van der Waals surface area contributed by atoms with Crippen LogP contribution in [0.4, 0.5) is 5.69 Å². The normalized spacial score (nSPS) is 10.3. The van der Waals surface area contributed by atoms with E-state index in [1.807, 2.05) is 0 Å². The van der Waals surface area contributed by atoms with Crippen LogP contribution < -0.4 is 5.56 Å². The monoisotopic (exact) mass is 327 g/mol. The molecule has 0 aliphatic carbocycles. The van der Waals surface area contributed by atoms with Gasteiger partial charge in [0.05, 0.1) is 15.5 Å². The molecule has 1 heterocycles. The molecule has 0 radical (unpaired) electrons. The number of aromatic nitrogens is 2. The number of nitro benzene ring substituents is 1. The number of non-ortho nitro benzene ring substituents is 1. The van der Waals surface area contributed by atoms with E-state index in [9.17, 15) is 19.7 Å². The highest BCUT2D eigenvalue weighted by molar-refractivity contribution is 7.99. The second kappa shape index (κ2) is 5.94. The number of H-pyrrole nitrogens is 1. The van der Waals surface area contributed by atoms with E-state index in [0.29, 0.717) is 0 Å². The molecule has 0 unspecified atom stereocenters. The molecule has 0 aliphatic heterocycles. The number of nitrogens with one attached hydrogen (secondary N) is 1. The maximum Gasteiger partial charge on any atom is 0.337 e. The Morgan fingerprint density at radius 3 is 2.76 bits per heavy atom. The van der Waals surface area contributed by atoms with E-state index in [2.05, 4.69) is 9.97 Å². The molecule has 2 N–H and O–H groups in total. The summed E-state index contributed by atoms with van der Waals surface area (Å²) in [5.74, 6) is -1.37. The minimum Gasteiger partial charge on any atom is -0.478 e. The van der Waals surface area contributed by atoms with E-state index < -0.39 is 22.1 Å². The number of nitro groups is 1. The lowest BCUT2D eigenvalue weighted by atomic mass is 10.2. The van der Waals surface area contributed by atoms with Crippen molar-refractivity contribution < 1.29 is 14.8 Å². The molecule has 0 atom stereocenters. The van der Waals surface area contributed by atoms with Gasteiger partial charge in [0.1, 0.15) is 0 Å². The number of benzene rings is 1. The first-order chi connectivity index (χ1) is 9.88. The molecular formula is C11H6ClN3O5S. The van der Waals surface area contributed by atoms with Crippen LogP contribution in [0.2, 0.25) is 5.02 Å². The molecule has 0 saturated heterocycles. The summed E-state index contributed by atoms with van der Waals surface area (Å²) in [6, 6.07) is 3.13. The minimum absolute atomic E-state index is 0.0594. The van der Waals surface area contributed by atoms with Crippen molar-refractivity contribution in [2.45, 2.75) is 10.1 Å². The van der Waals surface area contributed by atoms with Gasteiger partial charge >= 0.3 is 5.97 Å². The number of hydrogen-bond acceptors (Lipinski definition) is 6. The number of hydrogen-bond donors (Lipinski definition) is 2. The van der Waals surface area contributed by atoms with E-state index in [1.54, 1.807) is 0 Å². The number of carbonyl (C=O) groups is 1. The summed E-state index contributed by atoms with van der Waals surface area (Å²) < 4.78 is 0. The Labute approximate surface area is 125 Å². The van der Waals surface area contributed by atoms with E-state index in [4.69, 9.17) is 16.7 Å². The van der Waals surface area contributed by atoms with E-state index in [1.165, 1.54) is 12.3 Å². The van der Waals surface area contributed by atoms with Crippen LogP contribution >= 0.6 is 23.4 Å². The van der Waals surface area contributed by atoms with Crippen LogP contribution in [-0.4, -0.2) is 26.0 Å². The van der Waals surface area contributed by atoms with Crippen LogP contribution in [0.15, 0.2) is 39.2 Å². The van der Waals surface area contributed by atoms with Crippen molar-refractivity contribution in [3.63, 3.8) is 0 Å². The van der Waals surface area contributed by atoms with Gasteiger partial charge in [-0.1, -0.05) is 11.6 Å². The molecule has 8 nitrogen and oxygen atoms in total. The molecule has 108 valence electrons. The lowest BCUT2D eigenvalue weighted by Crippen LogP contribution is -2.06. The predicted molar refractivity (Wildman–Crippen MR) is 74.0 cm³/mol. The number of aromatic amines is 1. The number of aromatic carboxylic acids is 1. The molecule has 0 saturated carbocycles. The standard InChI is InChI=1S/C11H6ClN3O5S/c12-7-4-5(15(19)20)3-6(10(17)18)9(7)21-11-13-2-1-8(16)14-11/h1-4H,(H,17,18)(H,13,14,16). The zero-order valence-corrected chi connectivity index (χ0v) is 11.6. The second-order valence-electron chi connectivity index (χ2n) is 3.71.